The molecule has 1 aliphatic carbocycles. The zero-order chi connectivity index (χ0) is 8.39. The van der Waals surface area contributed by atoms with Gasteiger partial charge in [-0.05, 0) is 37.8 Å². The molecule has 12 heavy (non-hydrogen) atoms. The molecule has 0 N–H and O–H groups in total. The molecule has 0 unspecified atom stereocenters. The average Bonchev–Trinajstić information content (AvgIpc) is 2.87. The fraction of sp³-hybridized carbons (Fsp3) is 0.636. The molecule has 1 saturated carbocycles. The van der Waals surface area contributed by atoms with Crippen LogP contribution in [-0.2, 0) is 0 Å². The number of nitrogens with zero attached hydrogens (tertiary/aromatic N) is 1. The molecule has 0 aromatic rings. The Bertz CT molecular complexity index is 211. The molecule has 2 rings (SSSR count). The van der Waals surface area contributed by atoms with Gasteiger partial charge >= 0.3 is 0 Å². The minimum atomic E-state index is 0.922. The average molecular weight is 163 g/mol. The van der Waals surface area contributed by atoms with Crippen molar-refractivity contribution in [3.8, 4) is 0 Å². The fourth-order valence-electron chi connectivity index (χ4n) is 1.49. The SMILES string of the molecule is CN1CC=C(/C=C/C2CC2)CC1. The summed E-state index contributed by atoms with van der Waals surface area (Å²) in [7, 11) is 2.18. The van der Waals surface area contributed by atoms with Crippen molar-refractivity contribution in [2.45, 2.75) is 19.3 Å². The van der Waals surface area contributed by atoms with E-state index in [-0.39, 0.29) is 0 Å². The summed E-state index contributed by atoms with van der Waals surface area (Å²) < 4.78 is 0. The quantitative estimate of drug-likeness (QED) is 0.603. The van der Waals surface area contributed by atoms with Gasteiger partial charge < -0.3 is 4.90 Å². The van der Waals surface area contributed by atoms with E-state index in [0.717, 1.165) is 12.5 Å². The highest BCUT2D eigenvalue weighted by Gasteiger charge is 2.17. The molecule has 1 fully saturated rings. The summed E-state index contributed by atoms with van der Waals surface area (Å²) in [5.41, 5.74) is 1.54. The number of hydrogen-bond acceptors (Lipinski definition) is 1. The molecule has 2 aliphatic rings. The summed E-state index contributed by atoms with van der Waals surface area (Å²) in [4.78, 5) is 2.36. The molecule has 0 atom stereocenters. The van der Waals surface area contributed by atoms with Crippen LogP contribution in [-0.4, -0.2) is 25.0 Å². The lowest BCUT2D eigenvalue weighted by molar-refractivity contribution is 0.361. The minimum Gasteiger partial charge on any atom is -0.302 e. The van der Waals surface area contributed by atoms with E-state index in [1.54, 1.807) is 5.57 Å². The van der Waals surface area contributed by atoms with Crippen molar-refractivity contribution in [3.63, 3.8) is 0 Å². The summed E-state index contributed by atoms with van der Waals surface area (Å²) in [5.74, 6) is 0.922. The standard InChI is InChI=1S/C11H17N/c1-12-8-6-11(7-9-12)5-4-10-2-3-10/h4-6,10H,2-3,7-9H2,1H3/b5-4+. The van der Waals surface area contributed by atoms with Gasteiger partial charge in [0.05, 0.1) is 0 Å². The Kier molecular flexibility index (Phi) is 2.31. The molecular weight excluding hydrogens is 146 g/mol. The van der Waals surface area contributed by atoms with Gasteiger partial charge in [0.25, 0.3) is 0 Å². The van der Waals surface area contributed by atoms with Crippen LogP contribution in [0.5, 0.6) is 0 Å². The van der Waals surface area contributed by atoms with Crippen molar-refractivity contribution in [1.29, 1.82) is 0 Å². The monoisotopic (exact) mass is 163 g/mol. The summed E-state index contributed by atoms with van der Waals surface area (Å²) in [6.45, 7) is 2.35. The van der Waals surface area contributed by atoms with Crippen LogP contribution in [0.1, 0.15) is 19.3 Å². The van der Waals surface area contributed by atoms with E-state index in [0.29, 0.717) is 0 Å². The molecule has 66 valence electrons. The van der Waals surface area contributed by atoms with Gasteiger partial charge in [0.2, 0.25) is 0 Å². The van der Waals surface area contributed by atoms with Crippen LogP contribution >= 0.6 is 0 Å². The number of likely N-dealkylation sites (N-methyl/N-ethyl adjacent to an activating group) is 1. The van der Waals surface area contributed by atoms with E-state index >= 15 is 0 Å². The van der Waals surface area contributed by atoms with E-state index in [9.17, 15) is 0 Å². The van der Waals surface area contributed by atoms with Crippen molar-refractivity contribution in [3.05, 3.63) is 23.8 Å². The van der Waals surface area contributed by atoms with Gasteiger partial charge in [-0.2, -0.15) is 0 Å². The van der Waals surface area contributed by atoms with Crippen LogP contribution in [0.2, 0.25) is 0 Å². The van der Waals surface area contributed by atoms with Crippen LogP contribution < -0.4 is 0 Å². The summed E-state index contributed by atoms with van der Waals surface area (Å²) in [6, 6.07) is 0. The van der Waals surface area contributed by atoms with Gasteiger partial charge in [0.1, 0.15) is 0 Å². The minimum absolute atomic E-state index is 0.922. The number of allylic oxidation sites excluding steroid dienone is 2. The molecule has 0 radical (unpaired) electrons. The highest BCUT2D eigenvalue weighted by Crippen LogP contribution is 2.30. The molecule has 0 spiro atoms. The topological polar surface area (TPSA) is 3.24 Å². The first-order chi connectivity index (χ1) is 5.84. The largest absolute Gasteiger partial charge is 0.302 e. The van der Waals surface area contributed by atoms with Crippen molar-refractivity contribution in [2.75, 3.05) is 20.1 Å². The highest BCUT2D eigenvalue weighted by atomic mass is 15.1. The maximum absolute atomic E-state index is 2.39. The smallest absolute Gasteiger partial charge is 0.0165 e. The molecule has 0 amide bonds. The third kappa shape index (κ3) is 2.21. The summed E-state index contributed by atoms with van der Waals surface area (Å²) in [5, 5.41) is 0. The summed E-state index contributed by atoms with van der Waals surface area (Å²) >= 11 is 0. The lowest BCUT2D eigenvalue weighted by Crippen LogP contribution is -2.23. The first kappa shape index (κ1) is 8.06. The molecule has 1 heteroatoms. The maximum atomic E-state index is 2.39. The lowest BCUT2D eigenvalue weighted by atomic mass is 10.1. The number of hydrogen-bond donors (Lipinski definition) is 0. The second kappa shape index (κ2) is 3.44. The van der Waals surface area contributed by atoms with Crippen molar-refractivity contribution >= 4 is 0 Å². The van der Waals surface area contributed by atoms with Crippen LogP contribution in [0.25, 0.3) is 0 Å². The first-order valence-electron chi connectivity index (χ1n) is 4.90. The van der Waals surface area contributed by atoms with Crippen LogP contribution in [0, 0.1) is 5.92 Å². The summed E-state index contributed by atoms with van der Waals surface area (Å²) in [6.07, 6.45) is 11.2. The third-order valence-electron chi connectivity index (χ3n) is 2.65. The number of rotatable bonds is 2. The van der Waals surface area contributed by atoms with Gasteiger partial charge in [-0.15, -0.1) is 0 Å². The predicted octanol–water partition coefficient (Wildman–Crippen LogP) is 2.21. The molecule has 0 saturated heterocycles. The van der Waals surface area contributed by atoms with Crippen molar-refractivity contribution in [1.82, 2.24) is 4.90 Å². The van der Waals surface area contributed by atoms with Crippen LogP contribution in [0.4, 0.5) is 0 Å². The Labute approximate surface area is 74.8 Å². The van der Waals surface area contributed by atoms with Crippen molar-refractivity contribution in [2.24, 2.45) is 5.92 Å². The molecule has 1 heterocycles. The molecule has 0 aromatic carbocycles. The van der Waals surface area contributed by atoms with Crippen LogP contribution in [0.15, 0.2) is 23.8 Å². The van der Waals surface area contributed by atoms with E-state index in [1.807, 2.05) is 0 Å². The van der Waals surface area contributed by atoms with E-state index in [4.69, 9.17) is 0 Å². The first-order valence-corrected chi connectivity index (χ1v) is 4.90. The molecular formula is C11H17N. The van der Waals surface area contributed by atoms with Crippen LogP contribution in [0.3, 0.4) is 0 Å². The third-order valence-corrected chi connectivity index (χ3v) is 2.65. The van der Waals surface area contributed by atoms with Gasteiger partial charge in [0, 0.05) is 13.1 Å². The Hall–Kier alpha value is -0.560. The molecule has 0 bridgehead atoms. The zero-order valence-corrected chi connectivity index (χ0v) is 7.79. The maximum Gasteiger partial charge on any atom is 0.0165 e. The Balaban J connectivity index is 1.86. The Morgan fingerprint density at radius 3 is 2.92 bits per heavy atom. The molecule has 1 aliphatic heterocycles. The fourth-order valence-corrected chi connectivity index (χ4v) is 1.49. The Morgan fingerprint density at radius 1 is 1.50 bits per heavy atom. The Morgan fingerprint density at radius 2 is 2.33 bits per heavy atom. The normalized spacial score (nSPS) is 26.2. The van der Waals surface area contributed by atoms with E-state index < -0.39 is 0 Å². The second-order valence-corrected chi connectivity index (χ2v) is 3.99. The van der Waals surface area contributed by atoms with Gasteiger partial charge in [-0.25, -0.2) is 0 Å². The molecule has 0 aromatic heterocycles. The van der Waals surface area contributed by atoms with Crippen molar-refractivity contribution < 1.29 is 0 Å². The van der Waals surface area contributed by atoms with Gasteiger partial charge in [-0.3, -0.25) is 0 Å². The highest BCUT2D eigenvalue weighted by molar-refractivity contribution is 5.22. The molecule has 1 nitrogen and oxygen atoms in total. The van der Waals surface area contributed by atoms with E-state index in [2.05, 4.69) is 30.2 Å². The van der Waals surface area contributed by atoms with E-state index in [1.165, 1.54) is 25.8 Å². The zero-order valence-electron chi connectivity index (χ0n) is 7.79. The van der Waals surface area contributed by atoms with Gasteiger partial charge in [-0.1, -0.05) is 18.2 Å². The lowest BCUT2D eigenvalue weighted by Gasteiger charge is -2.20. The second-order valence-electron chi connectivity index (χ2n) is 3.99. The van der Waals surface area contributed by atoms with Gasteiger partial charge in [0.15, 0.2) is 0 Å². The predicted molar refractivity (Wildman–Crippen MR) is 52.1 cm³/mol.